The van der Waals surface area contributed by atoms with Gasteiger partial charge in [0.25, 0.3) is 0 Å². The summed E-state index contributed by atoms with van der Waals surface area (Å²) in [5, 5.41) is 15.4. The number of hydrogen-bond donors (Lipinski definition) is 0. The van der Waals surface area contributed by atoms with Crippen LogP contribution in [0.5, 0.6) is 5.75 Å². The lowest BCUT2D eigenvalue weighted by atomic mass is 10.2. The van der Waals surface area contributed by atoms with Crippen LogP contribution in [-0.2, 0) is 4.79 Å². The van der Waals surface area contributed by atoms with Gasteiger partial charge in [-0.2, -0.15) is 0 Å². The number of benzene rings is 1. The molecule has 0 amide bonds. The van der Waals surface area contributed by atoms with Crippen molar-refractivity contribution in [3.05, 3.63) is 34.2 Å². The topological polar surface area (TPSA) is 75.4 Å². The van der Waals surface area contributed by atoms with Crippen LogP contribution in [0.25, 0.3) is 21.5 Å². The number of aryl methyl sites for hydroxylation is 1. The minimum absolute atomic E-state index is 0.195. The molecule has 3 aromatic rings. The van der Waals surface area contributed by atoms with Crippen LogP contribution in [-0.4, -0.2) is 17.7 Å². The van der Waals surface area contributed by atoms with Crippen molar-refractivity contribution in [1.82, 2.24) is 5.16 Å². The van der Waals surface area contributed by atoms with Gasteiger partial charge < -0.3 is 19.2 Å². The second kappa shape index (κ2) is 5.38. The van der Waals surface area contributed by atoms with E-state index in [0.717, 1.165) is 10.3 Å². The second-order valence-corrected chi connectivity index (χ2v) is 6.02. The predicted octanol–water partition coefficient (Wildman–Crippen LogP) is 2.65. The molecule has 0 atom stereocenters. The van der Waals surface area contributed by atoms with Crippen LogP contribution in [0, 0.1) is 6.92 Å². The maximum atomic E-state index is 10.4. The monoisotopic (exact) mass is 322 g/mol. The SMILES string of the molecule is Cc1ccc(-c2noc3c(Cl)c(OCC(=O)[O-])ccc23)s1. The van der Waals surface area contributed by atoms with Gasteiger partial charge in [-0.05, 0) is 31.2 Å². The number of ether oxygens (including phenoxy) is 1. The van der Waals surface area contributed by atoms with Crippen molar-refractivity contribution in [1.29, 1.82) is 0 Å². The maximum absolute atomic E-state index is 10.4. The van der Waals surface area contributed by atoms with E-state index in [-0.39, 0.29) is 10.8 Å². The first kappa shape index (κ1) is 13.9. The quantitative estimate of drug-likeness (QED) is 0.738. The molecule has 2 aromatic heterocycles. The van der Waals surface area contributed by atoms with Gasteiger partial charge >= 0.3 is 0 Å². The zero-order chi connectivity index (χ0) is 15.0. The largest absolute Gasteiger partial charge is 0.546 e. The Kier molecular flexibility index (Phi) is 3.57. The van der Waals surface area contributed by atoms with Crippen LogP contribution in [0.2, 0.25) is 5.02 Å². The molecule has 0 bridgehead atoms. The van der Waals surface area contributed by atoms with E-state index in [9.17, 15) is 9.90 Å². The van der Waals surface area contributed by atoms with E-state index < -0.39 is 12.6 Å². The number of nitrogens with zero attached hydrogens (tertiary/aromatic N) is 1. The summed E-state index contributed by atoms with van der Waals surface area (Å²) in [6.45, 7) is 1.44. The standard InChI is InChI=1S/C14H10ClNO4S/c1-7-2-5-10(21-7)13-8-3-4-9(19-6-11(17)18)12(15)14(8)20-16-13/h2-5H,6H2,1H3,(H,17,18)/p-1. The molecule has 0 saturated carbocycles. The molecule has 0 aliphatic carbocycles. The Labute approximate surface area is 128 Å². The lowest BCUT2D eigenvalue weighted by Gasteiger charge is -2.07. The number of carbonyl (C=O) groups is 1. The maximum Gasteiger partial charge on any atom is 0.189 e. The molecule has 7 heteroatoms. The number of halogens is 1. The molecule has 1 aromatic carbocycles. The fourth-order valence-electron chi connectivity index (χ4n) is 1.94. The van der Waals surface area contributed by atoms with Gasteiger partial charge in [-0.1, -0.05) is 16.8 Å². The third-order valence-electron chi connectivity index (χ3n) is 2.86. The van der Waals surface area contributed by atoms with Crippen molar-refractivity contribution >= 4 is 39.9 Å². The van der Waals surface area contributed by atoms with Crippen molar-refractivity contribution < 1.29 is 19.2 Å². The molecule has 0 unspecified atom stereocenters. The van der Waals surface area contributed by atoms with Crippen molar-refractivity contribution in [2.24, 2.45) is 0 Å². The van der Waals surface area contributed by atoms with Crippen molar-refractivity contribution in [2.45, 2.75) is 6.92 Å². The first-order chi connectivity index (χ1) is 10.1. The van der Waals surface area contributed by atoms with Crippen LogP contribution in [0.3, 0.4) is 0 Å². The molecule has 0 saturated heterocycles. The van der Waals surface area contributed by atoms with Crippen molar-refractivity contribution in [2.75, 3.05) is 6.61 Å². The molecule has 0 aliphatic heterocycles. The van der Waals surface area contributed by atoms with E-state index in [0.29, 0.717) is 11.3 Å². The lowest BCUT2D eigenvalue weighted by molar-refractivity contribution is -0.307. The molecule has 3 rings (SSSR count). The average Bonchev–Trinajstić information content (AvgIpc) is 3.04. The highest BCUT2D eigenvalue weighted by atomic mass is 35.5. The highest BCUT2D eigenvalue weighted by Gasteiger charge is 2.17. The molecule has 0 aliphatic rings. The zero-order valence-corrected chi connectivity index (χ0v) is 12.5. The molecular formula is C14H9ClNO4S-. The number of fused-ring (bicyclic) bond motifs is 1. The Morgan fingerprint density at radius 3 is 2.90 bits per heavy atom. The smallest absolute Gasteiger partial charge is 0.189 e. The molecule has 5 nitrogen and oxygen atoms in total. The van der Waals surface area contributed by atoms with Gasteiger partial charge in [0, 0.05) is 4.88 Å². The fourth-order valence-corrected chi connectivity index (χ4v) is 3.06. The summed E-state index contributed by atoms with van der Waals surface area (Å²) in [4.78, 5) is 12.6. The zero-order valence-electron chi connectivity index (χ0n) is 10.9. The number of carboxylic acid groups (broad SMARTS) is 1. The van der Waals surface area contributed by atoms with E-state index >= 15 is 0 Å². The van der Waals surface area contributed by atoms with Crippen LogP contribution < -0.4 is 9.84 Å². The van der Waals surface area contributed by atoms with Gasteiger partial charge in [-0.3, -0.25) is 0 Å². The Morgan fingerprint density at radius 2 is 2.24 bits per heavy atom. The second-order valence-electron chi connectivity index (χ2n) is 4.36. The minimum Gasteiger partial charge on any atom is -0.546 e. The number of aromatic nitrogens is 1. The number of carbonyl (C=O) groups excluding carboxylic acids is 1. The molecule has 108 valence electrons. The molecule has 0 spiro atoms. The number of carboxylic acids is 1. The van der Waals surface area contributed by atoms with Gasteiger partial charge in [0.15, 0.2) is 5.58 Å². The first-order valence-electron chi connectivity index (χ1n) is 6.03. The summed E-state index contributed by atoms with van der Waals surface area (Å²) < 4.78 is 10.3. The predicted molar refractivity (Wildman–Crippen MR) is 77.6 cm³/mol. The van der Waals surface area contributed by atoms with Crippen LogP contribution >= 0.6 is 22.9 Å². The van der Waals surface area contributed by atoms with E-state index in [1.54, 1.807) is 23.5 Å². The highest BCUT2D eigenvalue weighted by molar-refractivity contribution is 7.15. The third kappa shape index (κ3) is 2.59. The number of hydrogen-bond acceptors (Lipinski definition) is 6. The van der Waals surface area contributed by atoms with Crippen molar-refractivity contribution in [3.8, 4) is 16.3 Å². The van der Waals surface area contributed by atoms with Crippen LogP contribution in [0.4, 0.5) is 0 Å². The van der Waals surface area contributed by atoms with Gasteiger partial charge in [-0.15, -0.1) is 11.3 Å². The van der Waals surface area contributed by atoms with Gasteiger partial charge in [0.05, 0.1) is 16.2 Å². The molecule has 2 heterocycles. The summed E-state index contributed by atoms with van der Waals surface area (Å²) in [5.74, 6) is -1.10. The van der Waals surface area contributed by atoms with Crippen molar-refractivity contribution in [3.63, 3.8) is 0 Å². The Bertz CT molecular complexity index is 824. The molecule has 0 fully saturated rings. The highest BCUT2D eigenvalue weighted by Crippen LogP contribution is 2.39. The summed E-state index contributed by atoms with van der Waals surface area (Å²) in [7, 11) is 0. The Hall–Kier alpha value is -2.05. The Balaban J connectivity index is 2.04. The first-order valence-corrected chi connectivity index (χ1v) is 7.23. The summed E-state index contributed by atoms with van der Waals surface area (Å²) in [6.07, 6.45) is 0. The Morgan fingerprint density at radius 1 is 1.43 bits per heavy atom. The normalized spacial score (nSPS) is 11.0. The van der Waals surface area contributed by atoms with E-state index in [1.807, 2.05) is 19.1 Å². The van der Waals surface area contributed by atoms with Crippen LogP contribution in [0.1, 0.15) is 4.88 Å². The number of thiophene rings is 1. The average molecular weight is 323 g/mol. The van der Waals surface area contributed by atoms with Crippen LogP contribution in [0.15, 0.2) is 28.8 Å². The minimum atomic E-state index is -1.32. The summed E-state index contributed by atoms with van der Waals surface area (Å²) in [5.41, 5.74) is 1.07. The summed E-state index contributed by atoms with van der Waals surface area (Å²) in [6, 6.07) is 7.30. The van der Waals surface area contributed by atoms with Gasteiger partial charge in [-0.25, -0.2) is 0 Å². The van der Waals surface area contributed by atoms with E-state index in [2.05, 4.69) is 5.16 Å². The number of rotatable bonds is 4. The van der Waals surface area contributed by atoms with Gasteiger partial charge in [0.2, 0.25) is 0 Å². The molecular weight excluding hydrogens is 314 g/mol. The molecule has 21 heavy (non-hydrogen) atoms. The summed E-state index contributed by atoms with van der Waals surface area (Å²) >= 11 is 7.76. The van der Waals surface area contributed by atoms with Gasteiger partial charge in [0.1, 0.15) is 23.1 Å². The lowest BCUT2D eigenvalue weighted by Crippen LogP contribution is -2.28. The number of aliphatic carboxylic acids is 1. The van der Waals surface area contributed by atoms with E-state index in [1.165, 1.54) is 4.88 Å². The van der Waals surface area contributed by atoms with E-state index in [4.69, 9.17) is 20.9 Å². The fraction of sp³-hybridized carbons (Fsp3) is 0.143. The molecule has 0 N–H and O–H groups in total. The third-order valence-corrected chi connectivity index (χ3v) is 4.23. The molecule has 0 radical (unpaired) electrons.